The van der Waals surface area contributed by atoms with Crippen molar-refractivity contribution in [3.63, 3.8) is 0 Å². The van der Waals surface area contributed by atoms with Crippen LogP contribution in [0.25, 0.3) is 0 Å². The summed E-state index contributed by atoms with van der Waals surface area (Å²) in [6, 6.07) is 4.50. The van der Waals surface area contributed by atoms with Crippen LogP contribution in [0.1, 0.15) is 17.2 Å². The van der Waals surface area contributed by atoms with Crippen molar-refractivity contribution in [1.29, 1.82) is 0 Å². The fourth-order valence-electron chi connectivity index (χ4n) is 1.00. The van der Waals surface area contributed by atoms with Gasteiger partial charge in [0, 0.05) is 3.57 Å². The number of nitrogens with two attached hydrogens (primary N) is 1. The Balaban J connectivity index is 3.03. The van der Waals surface area contributed by atoms with Gasteiger partial charge < -0.3 is 10.8 Å². The van der Waals surface area contributed by atoms with E-state index in [9.17, 15) is 4.79 Å². The molecule has 0 saturated heterocycles. The minimum atomic E-state index is -0.999. The molecular formula is C9H10INO2. The summed E-state index contributed by atoms with van der Waals surface area (Å²) in [5.74, 6) is -0.999. The third kappa shape index (κ3) is 2.41. The molecule has 70 valence electrons. The highest BCUT2D eigenvalue weighted by molar-refractivity contribution is 14.1. The van der Waals surface area contributed by atoms with Crippen LogP contribution in [0, 0.1) is 10.5 Å². The largest absolute Gasteiger partial charge is 0.480 e. The first-order chi connectivity index (χ1) is 6.02. The lowest BCUT2D eigenvalue weighted by molar-refractivity contribution is -0.138. The van der Waals surface area contributed by atoms with Gasteiger partial charge in [0.05, 0.1) is 0 Å². The molecule has 0 spiro atoms. The van der Waals surface area contributed by atoms with Gasteiger partial charge in [-0.2, -0.15) is 0 Å². The van der Waals surface area contributed by atoms with Gasteiger partial charge in [0.15, 0.2) is 0 Å². The second-order valence-electron chi connectivity index (χ2n) is 2.82. The standard InChI is InChI=1S/C9H10INO2/c1-5-4-6(2-3-7(5)10)8(11)9(12)13/h2-4,8H,11H2,1H3,(H,12,13)/t8-/m0/s1. The molecule has 0 heterocycles. The molecule has 1 aromatic rings. The van der Waals surface area contributed by atoms with Crippen LogP contribution >= 0.6 is 22.6 Å². The number of carbonyl (C=O) groups is 1. The van der Waals surface area contributed by atoms with Crippen LogP contribution < -0.4 is 5.73 Å². The summed E-state index contributed by atoms with van der Waals surface area (Å²) >= 11 is 2.19. The van der Waals surface area contributed by atoms with E-state index in [1.165, 1.54) is 0 Å². The van der Waals surface area contributed by atoms with Crippen molar-refractivity contribution in [3.05, 3.63) is 32.9 Å². The van der Waals surface area contributed by atoms with E-state index in [2.05, 4.69) is 22.6 Å². The zero-order chi connectivity index (χ0) is 10.0. The maximum absolute atomic E-state index is 10.6. The number of aryl methyl sites for hydroxylation is 1. The van der Waals surface area contributed by atoms with Crippen LogP contribution in [-0.4, -0.2) is 11.1 Å². The molecule has 3 N–H and O–H groups in total. The minimum Gasteiger partial charge on any atom is -0.480 e. The summed E-state index contributed by atoms with van der Waals surface area (Å²) < 4.78 is 1.11. The van der Waals surface area contributed by atoms with Crippen molar-refractivity contribution in [3.8, 4) is 0 Å². The number of carboxylic acids is 1. The van der Waals surface area contributed by atoms with Gasteiger partial charge in [-0.1, -0.05) is 12.1 Å². The van der Waals surface area contributed by atoms with E-state index < -0.39 is 12.0 Å². The molecule has 0 aliphatic carbocycles. The van der Waals surface area contributed by atoms with Gasteiger partial charge in [-0.15, -0.1) is 0 Å². The number of carboxylic acid groups (broad SMARTS) is 1. The van der Waals surface area contributed by atoms with E-state index in [0.717, 1.165) is 9.13 Å². The van der Waals surface area contributed by atoms with Crippen LogP contribution in [0.3, 0.4) is 0 Å². The molecule has 0 unspecified atom stereocenters. The van der Waals surface area contributed by atoms with Gasteiger partial charge in [0.1, 0.15) is 6.04 Å². The van der Waals surface area contributed by atoms with Crippen LogP contribution in [0.15, 0.2) is 18.2 Å². The summed E-state index contributed by atoms with van der Waals surface area (Å²) in [5.41, 5.74) is 7.15. The molecule has 0 radical (unpaired) electrons. The molecule has 3 nitrogen and oxygen atoms in total. The molecule has 0 amide bonds. The smallest absolute Gasteiger partial charge is 0.325 e. The van der Waals surface area contributed by atoms with E-state index >= 15 is 0 Å². The van der Waals surface area contributed by atoms with Crippen LogP contribution in [0.2, 0.25) is 0 Å². The molecule has 0 fully saturated rings. The average Bonchev–Trinajstić information content (AvgIpc) is 2.08. The minimum absolute atomic E-state index is 0.644. The Hall–Kier alpha value is -0.620. The topological polar surface area (TPSA) is 63.3 Å². The molecule has 0 aliphatic rings. The predicted molar refractivity (Wildman–Crippen MR) is 58.5 cm³/mol. The first kappa shape index (κ1) is 10.5. The summed E-state index contributed by atoms with van der Waals surface area (Å²) in [7, 11) is 0. The van der Waals surface area contributed by atoms with Crippen LogP contribution in [0.5, 0.6) is 0 Å². The normalized spacial score (nSPS) is 12.5. The molecule has 0 saturated carbocycles. The molecule has 0 bridgehead atoms. The van der Waals surface area contributed by atoms with Crippen molar-refractivity contribution in [1.82, 2.24) is 0 Å². The Kier molecular flexibility index (Phi) is 3.27. The number of halogens is 1. The molecule has 1 atom stereocenters. The van der Waals surface area contributed by atoms with Crippen molar-refractivity contribution in [2.24, 2.45) is 5.73 Å². The van der Waals surface area contributed by atoms with Crippen molar-refractivity contribution in [2.45, 2.75) is 13.0 Å². The second-order valence-corrected chi connectivity index (χ2v) is 3.99. The summed E-state index contributed by atoms with van der Waals surface area (Å²) in [4.78, 5) is 10.6. The molecule has 1 aromatic carbocycles. The Morgan fingerprint density at radius 3 is 2.69 bits per heavy atom. The van der Waals surface area contributed by atoms with E-state index in [1.807, 2.05) is 13.0 Å². The predicted octanol–water partition coefficient (Wildman–Crippen LogP) is 1.68. The molecule has 0 aromatic heterocycles. The lowest BCUT2D eigenvalue weighted by Crippen LogP contribution is -2.20. The van der Waals surface area contributed by atoms with E-state index in [0.29, 0.717) is 5.56 Å². The highest BCUT2D eigenvalue weighted by Gasteiger charge is 2.14. The van der Waals surface area contributed by atoms with Gasteiger partial charge in [0.25, 0.3) is 0 Å². The first-order valence-electron chi connectivity index (χ1n) is 3.77. The Bertz CT molecular complexity index is 338. The lowest BCUT2D eigenvalue weighted by Gasteiger charge is -2.08. The Morgan fingerprint density at radius 1 is 1.62 bits per heavy atom. The highest BCUT2D eigenvalue weighted by Crippen LogP contribution is 2.17. The van der Waals surface area contributed by atoms with Gasteiger partial charge in [-0.3, -0.25) is 4.79 Å². The third-order valence-corrected chi connectivity index (χ3v) is 3.02. The summed E-state index contributed by atoms with van der Waals surface area (Å²) in [5, 5.41) is 8.67. The number of benzene rings is 1. The fourth-order valence-corrected chi connectivity index (χ4v) is 1.34. The van der Waals surface area contributed by atoms with Gasteiger partial charge in [0.2, 0.25) is 0 Å². The van der Waals surface area contributed by atoms with Crippen LogP contribution in [0.4, 0.5) is 0 Å². The van der Waals surface area contributed by atoms with Crippen molar-refractivity contribution < 1.29 is 9.90 Å². The lowest BCUT2D eigenvalue weighted by atomic mass is 10.1. The second kappa shape index (κ2) is 4.06. The number of aliphatic carboxylic acids is 1. The molecule has 4 heteroatoms. The number of hydrogen-bond acceptors (Lipinski definition) is 2. The zero-order valence-corrected chi connectivity index (χ0v) is 9.28. The quantitative estimate of drug-likeness (QED) is 0.815. The zero-order valence-electron chi connectivity index (χ0n) is 7.12. The molecule has 13 heavy (non-hydrogen) atoms. The average molecular weight is 291 g/mol. The number of hydrogen-bond donors (Lipinski definition) is 2. The van der Waals surface area contributed by atoms with E-state index in [4.69, 9.17) is 10.8 Å². The first-order valence-corrected chi connectivity index (χ1v) is 4.84. The molecule has 1 rings (SSSR count). The highest BCUT2D eigenvalue weighted by atomic mass is 127. The summed E-state index contributed by atoms with van der Waals surface area (Å²) in [6.45, 7) is 1.93. The maximum Gasteiger partial charge on any atom is 0.325 e. The van der Waals surface area contributed by atoms with Gasteiger partial charge in [-0.05, 0) is 46.7 Å². The van der Waals surface area contributed by atoms with Gasteiger partial charge in [-0.25, -0.2) is 0 Å². The van der Waals surface area contributed by atoms with Gasteiger partial charge >= 0.3 is 5.97 Å². The SMILES string of the molecule is Cc1cc([C@H](N)C(=O)O)ccc1I. The fraction of sp³-hybridized carbons (Fsp3) is 0.222. The molecule has 0 aliphatic heterocycles. The number of rotatable bonds is 2. The van der Waals surface area contributed by atoms with Crippen molar-refractivity contribution >= 4 is 28.6 Å². The molecular weight excluding hydrogens is 281 g/mol. The Labute approximate surface area is 90.1 Å². The van der Waals surface area contributed by atoms with E-state index in [-0.39, 0.29) is 0 Å². The monoisotopic (exact) mass is 291 g/mol. The summed E-state index contributed by atoms with van der Waals surface area (Å²) in [6.07, 6.45) is 0. The maximum atomic E-state index is 10.6. The third-order valence-electron chi connectivity index (χ3n) is 1.81. The van der Waals surface area contributed by atoms with Crippen molar-refractivity contribution in [2.75, 3.05) is 0 Å². The Morgan fingerprint density at radius 2 is 2.23 bits per heavy atom. The van der Waals surface area contributed by atoms with Crippen LogP contribution in [-0.2, 0) is 4.79 Å². The van der Waals surface area contributed by atoms with E-state index in [1.54, 1.807) is 12.1 Å².